The van der Waals surface area contributed by atoms with Crippen LogP contribution in [0.15, 0.2) is 71.6 Å². The zero-order valence-corrected chi connectivity index (χ0v) is 20.0. The van der Waals surface area contributed by atoms with E-state index in [-0.39, 0.29) is 36.7 Å². The quantitative estimate of drug-likeness (QED) is 0.392. The number of carbonyl (C=O) groups excluding carboxylic acids is 1. The van der Waals surface area contributed by atoms with Crippen LogP contribution in [0.2, 0.25) is 0 Å². The molecule has 0 radical (unpaired) electrons. The average Bonchev–Trinajstić information content (AvgIpc) is 3.44. The van der Waals surface area contributed by atoms with Crippen LogP contribution in [0.25, 0.3) is 0 Å². The Morgan fingerprint density at radius 1 is 0.971 bits per heavy atom. The molecule has 3 aliphatic heterocycles. The summed E-state index contributed by atoms with van der Waals surface area (Å²) in [6, 6.07) is 20.5. The van der Waals surface area contributed by atoms with Crippen molar-refractivity contribution in [2.45, 2.75) is 54.5 Å². The summed E-state index contributed by atoms with van der Waals surface area (Å²) in [7, 11) is 0. The second-order valence-electron chi connectivity index (χ2n) is 9.27. The highest BCUT2D eigenvalue weighted by atomic mass is 32.2. The first-order valence-electron chi connectivity index (χ1n) is 12.0. The van der Waals surface area contributed by atoms with Crippen LogP contribution in [-0.2, 0) is 5.75 Å². The molecule has 180 valence electrons. The van der Waals surface area contributed by atoms with Crippen LogP contribution in [0.1, 0.15) is 41.6 Å². The highest BCUT2D eigenvalue weighted by Gasteiger charge is 2.44. The van der Waals surface area contributed by atoms with Crippen LogP contribution in [0.4, 0.5) is 4.39 Å². The van der Waals surface area contributed by atoms with Crippen molar-refractivity contribution in [3.05, 3.63) is 83.7 Å². The van der Waals surface area contributed by atoms with Gasteiger partial charge in [0, 0.05) is 47.2 Å². The molecule has 0 aliphatic carbocycles. The van der Waals surface area contributed by atoms with Gasteiger partial charge >= 0.3 is 0 Å². The van der Waals surface area contributed by atoms with Crippen LogP contribution in [0.3, 0.4) is 0 Å². The number of hydrogen-bond acceptors (Lipinski definition) is 5. The van der Waals surface area contributed by atoms with E-state index >= 15 is 0 Å². The number of piperidine rings is 1. The van der Waals surface area contributed by atoms with Crippen molar-refractivity contribution in [3.63, 3.8) is 0 Å². The lowest BCUT2D eigenvalue weighted by molar-refractivity contribution is 0.0358. The molecule has 0 saturated carbocycles. The number of ether oxygens (including phenoxy) is 3. The van der Waals surface area contributed by atoms with Gasteiger partial charge < -0.3 is 19.1 Å². The number of thioether (sulfide) groups is 1. The summed E-state index contributed by atoms with van der Waals surface area (Å²) in [6.45, 7) is 0.246. The van der Waals surface area contributed by atoms with Crippen molar-refractivity contribution in [3.8, 4) is 17.2 Å². The lowest BCUT2D eigenvalue weighted by Crippen LogP contribution is -2.49. The summed E-state index contributed by atoms with van der Waals surface area (Å²) in [5, 5.41) is 0. The number of halogens is 1. The van der Waals surface area contributed by atoms with Crippen molar-refractivity contribution in [1.29, 1.82) is 0 Å². The molecule has 2 bridgehead atoms. The molecule has 35 heavy (non-hydrogen) atoms. The highest BCUT2D eigenvalue weighted by molar-refractivity contribution is 7.98. The Morgan fingerprint density at radius 2 is 1.74 bits per heavy atom. The van der Waals surface area contributed by atoms with Gasteiger partial charge in [-0.05, 0) is 60.9 Å². The predicted molar refractivity (Wildman–Crippen MR) is 132 cm³/mol. The topological polar surface area (TPSA) is 48.0 Å². The molecule has 2 saturated heterocycles. The average molecular weight is 492 g/mol. The molecule has 0 spiro atoms. The van der Waals surface area contributed by atoms with Crippen LogP contribution in [-0.4, -0.2) is 35.8 Å². The maximum Gasteiger partial charge on any atom is 0.254 e. The summed E-state index contributed by atoms with van der Waals surface area (Å²) in [4.78, 5) is 16.4. The van der Waals surface area contributed by atoms with Crippen molar-refractivity contribution in [2.75, 3.05) is 6.79 Å². The van der Waals surface area contributed by atoms with E-state index in [0.717, 1.165) is 64.7 Å². The molecular weight excluding hydrogens is 465 g/mol. The minimum atomic E-state index is -0.226. The summed E-state index contributed by atoms with van der Waals surface area (Å²) < 4.78 is 30.5. The highest BCUT2D eigenvalue weighted by Crippen LogP contribution is 2.40. The Bertz CT molecular complexity index is 1220. The maximum absolute atomic E-state index is 13.4. The van der Waals surface area contributed by atoms with E-state index in [9.17, 15) is 9.18 Å². The van der Waals surface area contributed by atoms with Gasteiger partial charge in [0.1, 0.15) is 17.7 Å². The summed E-state index contributed by atoms with van der Waals surface area (Å²) in [5.74, 6) is 2.85. The molecular formula is C28H26FNO4S. The Balaban J connectivity index is 1.07. The molecule has 3 aromatic carbocycles. The predicted octanol–water partition coefficient (Wildman–Crippen LogP) is 6.06. The van der Waals surface area contributed by atoms with Gasteiger partial charge in [-0.2, -0.15) is 0 Å². The number of rotatable bonds is 6. The molecule has 3 heterocycles. The first-order valence-corrected chi connectivity index (χ1v) is 13.0. The van der Waals surface area contributed by atoms with Crippen molar-refractivity contribution in [1.82, 2.24) is 4.90 Å². The van der Waals surface area contributed by atoms with E-state index in [0.29, 0.717) is 0 Å². The number of fused-ring (bicyclic) bond motifs is 3. The largest absolute Gasteiger partial charge is 0.490 e. The van der Waals surface area contributed by atoms with Gasteiger partial charge in [0.05, 0.1) is 0 Å². The fourth-order valence-electron chi connectivity index (χ4n) is 5.31. The Labute approximate surface area is 208 Å². The second-order valence-corrected chi connectivity index (χ2v) is 10.3. The molecule has 2 atom stereocenters. The third-order valence-corrected chi connectivity index (χ3v) is 8.04. The van der Waals surface area contributed by atoms with E-state index in [2.05, 4.69) is 4.90 Å². The van der Waals surface area contributed by atoms with Crippen molar-refractivity contribution < 1.29 is 23.4 Å². The minimum Gasteiger partial charge on any atom is -0.490 e. The van der Waals surface area contributed by atoms with Crippen LogP contribution < -0.4 is 14.2 Å². The van der Waals surface area contributed by atoms with Gasteiger partial charge in [0.2, 0.25) is 6.79 Å². The van der Waals surface area contributed by atoms with E-state index in [1.165, 1.54) is 12.1 Å². The molecule has 3 aliphatic rings. The first-order chi connectivity index (χ1) is 17.1. The third kappa shape index (κ3) is 4.69. The second kappa shape index (κ2) is 9.46. The number of hydrogen-bond donors (Lipinski definition) is 0. The molecule has 3 aromatic rings. The zero-order valence-electron chi connectivity index (χ0n) is 19.2. The summed E-state index contributed by atoms with van der Waals surface area (Å²) in [6.07, 6.45) is 3.77. The van der Waals surface area contributed by atoms with Gasteiger partial charge in [-0.3, -0.25) is 4.79 Å². The van der Waals surface area contributed by atoms with Gasteiger partial charge in [-0.25, -0.2) is 4.39 Å². The van der Waals surface area contributed by atoms with Gasteiger partial charge in [-0.1, -0.05) is 18.2 Å². The van der Waals surface area contributed by atoms with E-state index in [1.807, 2.05) is 48.5 Å². The molecule has 6 rings (SSSR count). The standard InChI is InChI=1S/C28H26FNO4S/c29-20-2-1-3-25(12-20)35-16-18-4-6-19(7-5-18)28(31)30-21-8-9-22(30)14-24(13-21)34-23-10-11-26-27(15-23)33-17-32-26/h1-7,10-12,15,21-22,24H,8-9,13-14,16-17H2. The number of nitrogens with zero attached hydrogens (tertiary/aromatic N) is 1. The van der Waals surface area contributed by atoms with Crippen LogP contribution in [0, 0.1) is 5.82 Å². The van der Waals surface area contributed by atoms with E-state index in [4.69, 9.17) is 14.2 Å². The number of carbonyl (C=O) groups is 1. The lowest BCUT2D eigenvalue weighted by Gasteiger charge is -2.39. The van der Waals surface area contributed by atoms with Crippen molar-refractivity contribution in [2.24, 2.45) is 0 Å². The van der Waals surface area contributed by atoms with Gasteiger partial charge in [0.25, 0.3) is 5.91 Å². The SMILES string of the molecule is O=C(c1ccc(CSc2cccc(F)c2)cc1)N1C2CCC1CC(Oc1ccc3c(c1)OCO3)C2. The first kappa shape index (κ1) is 22.3. The molecule has 0 aromatic heterocycles. The van der Waals surface area contributed by atoms with Crippen LogP contribution in [0.5, 0.6) is 17.2 Å². The molecule has 1 amide bonds. The van der Waals surface area contributed by atoms with Gasteiger partial charge in [-0.15, -0.1) is 11.8 Å². The number of benzene rings is 3. The molecule has 2 fully saturated rings. The summed E-state index contributed by atoms with van der Waals surface area (Å²) >= 11 is 1.58. The molecule has 5 nitrogen and oxygen atoms in total. The Kier molecular flexibility index (Phi) is 6.02. The normalized spacial score (nSPS) is 22.3. The van der Waals surface area contributed by atoms with Crippen LogP contribution >= 0.6 is 11.8 Å². The van der Waals surface area contributed by atoms with E-state index in [1.54, 1.807) is 17.8 Å². The van der Waals surface area contributed by atoms with Gasteiger partial charge in [0.15, 0.2) is 11.5 Å². The minimum absolute atomic E-state index is 0.0825. The number of amides is 1. The fraction of sp³-hybridized carbons (Fsp3) is 0.321. The zero-order chi connectivity index (χ0) is 23.8. The molecule has 2 unspecified atom stereocenters. The smallest absolute Gasteiger partial charge is 0.254 e. The molecule has 7 heteroatoms. The van der Waals surface area contributed by atoms with E-state index < -0.39 is 0 Å². The lowest BCUT2D eigenvalue weighted by atomic mass is 9.98. The monoisotopic (exact) mass is 491 g/mol. The fourth-order valence-corrected chi connectivity index (χ4v) is 6.21. The maximum atomic E-state index is 13.4. The third-order valence-electron chi connectivity index (χ3n) is 6.97. The Morgan fingerprint density at radius 3 is 2.51 bits per heavy atom. The van der Waals surface area contributed by atoms with Crippen molar-refractivity contribution >= 4 is 17.7 Å². The Hall–Kier alpha value is -3.19. The summed E-state index contributed by atoms with van der Waals surface area (Å²) in [5.41, 5.74) is 1.83. The molecule has 0 N–H and O–H groups in total.